The number of hydrogen-bond donors (Lipinski definition) is 1. The molecule has 0 saturated carbocycles. The van der Waals surface area contributed by atoms with E-state index >= 15 is 0 Å². The van der Waals surface area contributed by atoms with E-state index in [9.17, 15) is 0 Å². The van der Waals surface area contributed by atoms with Crippen LogP contribution in [-0.4, -0.2) is 24.8 Å². The molecule has 4 heteroatoms. The van der Waals surface area contributed by atoms with Crippen molar-refractivity contribution in [3.8, 4) is 0 Å². The summed E-state index contributed by atoms with van der Waals surface area (Å²) in [4.78, 5) is 0. The highest BCUT2D eigenvalue weighted by Crippen LogP contribution is 2.24. The van der Waals surface area contributed by atoms with E-state index in [0.29, 0.717) is 0 Å². The molecule has 0 atom stereocenters. The summed E-state index contributed by atoms with van der Waals surface area (Å²) in [5.74, 6) is 0. The minimum absolute atomic E-state index is 0.782. The van der Waals surface area contributed by atoms with Crippen molar-refractivity contribution < 1.29 is 4.74 Å². The minimum Gasteiger partial charge on any atom is -0.385 e. The molecule has 0 aliphatic carbocycles. The third-order valence-electron chi connectivity index (χ3n) is 4.19. The second-order valence-corrected chi connectivity index (χ2v) is 6.32. The van der Waals surface area contributed by atoms with E-state index < -0.39 is 0 Å². The van der Waals surface area contributed by atoms with Gasteiger partial charge in [0.25, 0.3) is 0 Å². The number of halogens is 1. The van der Waals surface area contributed by atoms with Crippen LogP contribution in [0.4, 0.5) is 0 Å². The van der Waals surface area contributed by atoms with Crippen LogP contribution in [0.5, 0.6) is 0 Å². The van der Waals surface area contributed by atoms with E-state index in [1.165, 1.54) is 16.5 Å². The van der Waals surface area contributed by atoms with Crippen LogP contribution in [0.3, 0.4) is 0 Å². The number of fused-ring (bicyclic) bond motifs is 1. The quantitative estimate of drug-likeness (QED) is 0.611. The second-order valence-electron chi connectivity index (χ2n) is 5.91. The molecule has 2 aromatic carbocycles. The van der Waals surface area contributed by atoms with Gasteiger partial charge < -0.3 is 14.6 Å². The molecule has 0 radical (unpaired) electrons. The maximum absolute atomic E-state index is 6.33. The lowest BCUT2D eigenvalue weighted by molar-refractivity contribution is 0.194. The maximum atomic E-state index is 6.33. The Labute approximate surface area is 148 Å². The van der Waals surface area contributed by atoms with Crippen molar-refractivity contribution in [1.29, 1.82) is 0 Å². The third kappa shape index (κ3) is 3.99. The number of benzene rings is 2. The van der Waals surface area contributed by atoms with Gasteiger partial charge in [-0.1, -0.05) is 48.0 Å². The van der Waals surface area contributed by atoms with Crippen molar-refractivity contribution in [3.63, 3.8) is 0 Å². The molecule has 126 valence electrons. The molecule has 1 heterocycles. The number of nitrogens with one attached hydrogen (secondary N) is 1. The Hall–Kier alpha value is -1.81. The van der Waals surface area contributed by atoms with E-state index in [0.717, 1.165) is 43.2 Å². The highest BCUT2D eigenvalue weighted by Gasteiger charge is 2.09. The Morgan fingerprint density at radius 2 is 1.83 bits per heavy atom. The van der Waals surface area contributed by atoms with Crippen LogP contribution < -0.4 is 5.32 Å². The molecule has 0 saturated heterocycles. The molecule has 0 spiro atoms. The Bertz CT molecular complexity index is 797. The Kier molecular flexibility index (Phi) is 5.91. The fourth-order valence-corrected chi connectivity index (χ4v) is 3.16. The van der Waals surface area contributed by atoms with Crippen molar-refractivity contribution in [2.24, 2.45) is 0 Å². The Morgan fingerprint density at radius 1 is 1.04 bits per heavy atom. The van der Waals surface area contributed by atoms with Gasteiger partial charge in [-0.05, 0) is 36.2 Å². The van der Waals surface area contributed by atoms with Gasteiger partial charge in [0, 0.05) is 48.9 Å². The number of ether oxygens (including phenoxy) is 1. The maximum Gasteiger partial charge on any atom is 0.0491 e. The van der Waals surface area contributed by atoms with Crippen LogP contribution in [0.25, 0.3) is 10.9 Å². The number of aromatic nitrogens is 1. The van der Waals surface area contributed by atoms with E-state index in [-0.39, 0.29) is 0 Å². The summed E-state index contributed by atoms with van der Waals surface area (Å²) in [7, 11) is 1.74. The number of rotatable bonds is 8. The first-order valence-electron chi connectivity index (χ1n) is 8.29. The Balaban J connectivity index is 1.80. The molecule has 0 aliphatic heterocycles. The monoisotopic (exact) mass is 342 g/mol. The lowest BCUT2D eigenvalue weighted by Crippen LogP contribution is -2.15. The second kappa shape index (κ2) is 8.34. The third-order valence-corrected chi connectivity index (χ3v) is 4.56. The zero-order chi connectivity index (χ0) is 16.8. The Morgan fingerprint density at radius 3 is 2.67 bits per heavy atom. The lowest BCUT2D eigenvalue weighted by atomic mass is 10.2. The first-order chi connectivity index (χ1) is 11.8. The van der Waals surface area contributed by atoms with Crippen LogP contribution in [0.15, 0.2) is 54.7 Å². The van der Waals surface area contributed by atoms with Gasteiger partial charge in [-0.3, -0.25) is 0 Å². The highest BCUT2D eigenvalue weighted by molar-refractivity contribution is 6.31. The fourth-order valence-electron chi connectivity index (χ4n) is 2.97. The zero-order valence-corrected chi connectivity index (χ0v) is 14.7. The number of hydrogen-bond acceptors (Lipinski definition) is 2. The molecular formula is C20H23ClN2O. The summed E-state index contributed by atoms with van der Waals surface area (Å²) >= 11 is 6.33. The standard InChI is InChI=1S/C20H23ClN2O/c1-24-12-6-11-22-13-17-15-23(20-10-5-3-8-18(17)20)14-16-7-2-4-9-19(16)21/h2-5,7-10,15,22H,6,11-14H2,1H3. The number of para-hydroxylation sites is 1. The van der Waals surface area contributed by atoms with Crippen LogP contribution in [0.1, 0.15) is 17.5 Å². The zero-order valence-electron chi connectivity index (χ0n) is 14.0. The van der Waals surface area contributed by atoms with Crippen molar-refractivity contribution in [2.75, 3.05) is 20.3 Å². The van der Waals surface area contributed by atoms with E-state index in [2.05, 4.69) is 46.4 Å². The summed E-state index contributed by atoms with van der Waals surface area (Å²) < 4.78 is 7.37. The lowest BCUT2D eigenvalue weighted by Gasteiger charge is -2.07. The molecule has 3 rings (SSSR count). The van der Waals surface area contributed by atoms with Crippen molar-refractivity contribution in [3.05, 3.63) is 70.9 Å². The summed E-state index contributed by atoms with van der Waals surface area (Å²) in [6.45, 7) is 3.39. The van der Waals surface area contributed by atoms with Crippen LogP contribution in [-0.2, 0) is 17.8 Å². The van der Waals surface area contributed by atoms with E-state index in [1.54, 1.807) is 7.11 Å². The molecule has 1 aromatic heterocycles. The van der Waals surface area contributed by atoms with Gasteiger partial charge >= 0.3 is 0 Å². The van der Waals surface area contributed by atoms with Crippen molar-refractivity contribution in [2.45, 2.75) is 19.5 Å². The molecule has 24 heavy (non-hydrogen) atoms. The molecule has 1 N–H and O–H groups in total. The smallest absolute Gasteiger partial charge is 0.0491 e. The highest BCUT2D eigenvalue weighted by atomic mass is 35.5. The summed E-state index contributed by atoms with van der Waals surface area (Å²) in [6.07, 6.45) is 3.26. The summed E-state index contributed by atoms with van der Waals surface area (Å²) in [6, 6.07) is 16.6. The normalized spacial score (nSPS) is 11.2. The summed E-state index contributed by atoms with van der Waals surface area (Å²) in [5, 5.41) is 5.61. The van der Waals surface area contributed by atoms with Gasteiger partial charge in [0.2, 0.25) is 0 Å². The topological polar surface area (TPSA) is 26.2 Å². The largest absolute Gasteiger partial charge is 0.385 e. The molecule has 3 nitrogen and oxygen atoms in total. The molecule has 3 aromatic rings. The number of methoxy groups -OCH3 is 1. The molecule has 0 aliphatic rings. The van der Waals surface area contributed by atoms with Gasteiger partial charge in [-0.2, -0.15) is 0 Å². The van der Waals surface area contributed by atoms with Crippen molar-refractivity contribution in [1.82, 2.24) is 9.88 Å². The molecular weight excluding hydrogens is 320 g/mol. The SMILES string of the molecule is COCCCNCc1cn(Cc2ccccc2Cl)c2ccccc12. The average molecular weight is 343 g/mol. The van der Waals surface area contributed by atoms with Crippen LogP contribution in [0.2, 0.25) is 5.02 Å². The van der Waals surface area contributed by atoms with Gasteiger partial charge in [0.1, 0.15) is 0 Å². The minimum atomic E-state index is 0.782. The van der Waals surface area contributed by atoms with Gasteiger partial charge in [-0.25, -0.2) is 0 Å². The number of nitrogens with zero attached hydrogens (tertiary/aromatic N) is 1. The average Bonchev–Trinajstić information content (AvgIpc) is 2.95. The predicted octanol–water partition coefficient (Wildman–Crippen LogP) is 4.47. The molecule has 0 amide bonds. The fraction of sp³-hybridized carbons (Fsp3) is 0.300. The first kappa shape index (κ1) is 17.0. The molecule has 0 bridgehead atoms. The van der Waals surface area contributed by atoms with Crippen LogP contribution in [0, 0.1) is 0 Å². The van der Waals surface area contributed by atoms with E-state index in [4.69, 9.17) is 16.3 Å². The molecule has 0 fully saturated rings. The van der Waals surface area contributed by atoms with Gasteiger partial charge in [0.15, 0.2) is 0 Å². The summed E-state index contributed by atoms with van der Waals surface area (Å²) in [5.41, 5.74) is 3.70. The van der Waals surface area contributed by atoms with E-state index in [1.807, 2.05) is 18.2 Å². The first-order valence-corrected chi connectivity index (χ1v) is 8.67. The van der Waals surface area contributed by atoms with Crippen molar-refractivity contribution >= 4 is 22.5 Å². The molecule has 0 unspecified atom stereocenters. The van der Waals surface area contributed by atoms with Crippen LogP contribution >= 0.6 is 11.6 Å². The van der Waals surface area contributed by atoms with Gasteiger partial charge in [0.05, 0.1) is 0 Å². The predicted molar refractivity (Wildman–Crippen MR) is 101 cm³/mol. The van der Waals surface area contributed by atoms with Gasteiger partial charge in [-0.15, -0.1) is 0 Å².